The zero-order valence-electron chi connectivity index (χ0n) is 15.7. The van der Waals surface area contributed by atoms with E-state index in [0.29, 0.717) is 27.2 Å². The van der Waals surface area contributed by atoms with Gasteiger partial charge in [0.25, 0.3) is 17.6 Å². The summed E-state index contributed by atoms with van der Waals surface area (Å²) in [7, 11) is 0. The second kappa shape index (κ2) is 8.57. The number of anilines is 1. The average Bonchev–Trinajstić information content (AvgIpc) is 3.36. The van der Waals surface area contributed by atoms with E-state index in [1.165, 1.54) is 40.4 Å². The van der Waals surface area contributed by atoms with Crippen LogP contribution in [-0.4, -0.2) is 70.8 Å². The van der Waals surface area contributed by atoms with Gasteiger partial charge in [-0.3, -0.25) is 19.3 Å². The number of amides is 2. The highest BCUT2D eigenvalue weighted by Crippen LogP contribution is 2.41. The van der Waals surface area contributed by atoms with Gasteiger partial charge in [-0.05, 0) is 24.0 Å². The average molecular weight is 499 g/mol. The highest BCUT2D eigenvalue weighted by Gasteiger charge is 2.54. The Morgan fingerprint density at radius 2 is 2.16 bits per heavy atom. The number of thiazole rings is 1. The second-order valence-corrected chi connectivity index (χ2v) is 10.4. The molecule has 0 aromatic carbocycles. The highest BCUT2D eigenvalue weighted by atomic mass is 32.2. The zero-order chi connectivity index (χ0) is 22.3. The molecular weight excluding hydrogens is 484 g/mol. The molecular formula is C16H14N6O5S4. The Kier molecular flexibility index (Phi) is 6.00. The zero-order valence-corrected chi connectivity index (χ0v) is 19.0. The number of fused-ring (bicyclic) bond motifs is 1. The first-order valence-electron chi connectivity index (χ1n) is 8.65. The number of carboxylic acid groups (broad SMARTS) is 1. The van der Waals surface area contributed by atoms with Crippen LogP contribution in [0.2, 0.25) is 0 Å². The molecule has 2 amide bonds. The number of carboxylic acids is 1. The number of aryl methyl sites for hydroxylation is 1. The molecule has 2 atom stereocenters. The van der Waals surface area contributed by atoms with Gasteiger partial charge in [0, 0.05) is 16.9 Å². The minimum Gasteiger partial charge on any atom is -0.477 e. The molecule has 4 heterocycles. The molecule has 4 rings (SSSR count). The maximum Gasteiger partial charge on any atom is 0.352 e. The number of hydrogen-bond acceptors (Lipinski definition) is 12. The molecule has 0 radical (unpaired) electrons. The smallest absolute Gasteiger partial charge is 0.352 e. The number of hydrogen-bond donors (Lipinski definition) is 3. The maximum absolute atomic E-state index is 12.7. The Hall–Kier alpha value is -2.49. The number of nitrogens with two attached hydrogens (primary N) is 1. The summed E-state index contributed by atoms with van der Waals surface area (Å²) in [5, 5.41) is 13.0. The lowest BCUT2D eigenvalue weighted by Crippen LogP contribution is -2.71. The summed E-state index contributed by atoms with van der Waals surface area (Å²) in [6.45, 7) is 1.77. The van der Waals surface area contributed by atoms with Crippen molar-refractivity contribution in [2.24, 2.45) is 0 Å². The predicted molar refractivity (Wildman–Crippen MR) is 116 cm³/mol. The molecule has 11 nitrogen and oxygen atoms in total. The van der Waals surface area contributed by atoms with Gasteiger partial charge in [0.2, 0.25) is 0 Å². The number of nitrogens with one attached hydrogen (secondary N) is 1. The number of ketones is 1. The number of nitrogens with zero attached hydrogens (tertiary/aromatic N) is 4. The fourth-order valence-corrected chi connectivity index (χ4v) is 6.67. The van der Waals surface area contributed by atoms with Crippen molar-refractivity contribution in [1.82, 2.24) is 24.6 Å². The van der Waals surface area contributed by atoms with E-state index in [1.54, 1.807) is 6.92 Å². The molecule has 2 aliphatic heterocycles. The molecule has 1 fully saturated rings. The molecule has 0 bridgehead atoms. The quantitative estimate of drug-likeness (QED) is 0.211. The van der Waals surface area contributed by atoms with E-state index in [-0.39, 0.29) is 16.5 Å². The molecule has 0 spiro atoms. The third kappa shape index (κ3) is 4.17. The van der Waals surface area contributed by atoms with Crippen molar-refractivity contribution < 1.29 is 24.3 Å². The monoisotopic (exact) mass is 498 g/mol. The summed E-state index contributed by atoms with van der Waals surface area (Å²) in [5.41, 5.74) is 5.87. The minimum atomic E-state index is -1.22. The van der Waals surface area contributed by atoms with Gasteiger partial charge < -0.3 is 16.2 Å². The van der Waals surface area contributed by atoms with E-state index in [2.05, 4.69) is 19.7 Å². The molecule has 0 saturated carbocycles. The van der Waals surface area contributed by atoms with Gasteiger partial charge in [0.05, 0.1) is 0 Å². The summed E-state index contributed by atoms with van der Waals surface area (Å²) < 4.78 is 4.80. The summed E-state index contributed by atoms with van der Waals surface area (Å²) >= 11 is 4.93. The summed E-state index contributed by atoms with van der Waals surface area (Å²) in [4.78, 5) is 58.1. The number of thioether (sulfide) groups is 2. The van der Waals surface area contributed by atoms with Gasteiger partial charge in [0.1, 0.15) is 28.6 Å². The minimum absolute atomic E-state index is 0.0911. The summed E-state index contributed by atoms with van der Waals surface area (Å²) in [6, 6.07) is -0.994. The van der Waals surface area contributed by atoms with Crippen molar-refractivity contribution in [3.63, 3.8) is 0 Å². The molecule has 31 heavy (non-hydrogen) atoms. The second-order valence-electron chi connectivity index (χ2n) is 6.41. The lowest BCUT2D eigenvalue weighted by Gasteiger charge is -2.49. The van der Waals surface area contributed by atoms with Crippen molar-refractivity contribution in [1.29, 1.82) is 0 Å². The summed E-state index contributed by atoms with van der Waals surface area (Å²) in [5.74, 6) is -2.34. The van der Waals surface area contributed by atoms with Crippen LogP contribution in [0, 0.1) is 6.92 Å². The van der Waals surface area contributed by atoms with E-state index >= 15 is 0 Å². The van der Waals surface area contributed by atoms with Crippen molar-refractivity contribution in [3.8, 4) is 0 Å². The van der Waals surface area contributed by atoms with E-state index in [9.17, 15) is 24.3 Å². The van der Waals surface area contributed by atoms with Gasteiger partial charge in [-0.15, -0.1) is 23.1 Å². The standard InChI is InChI=1S/C16H14N6O5S4/c1-5-18-16(31-21-5)30-3-6-2-28-13-8(12(25)22(13)9(6)14(26)27)20-11(24)10(23)7-4-29-15(17)19-7/h4,8,13H,2-3H2,1H3,(H2,17,19)(H,20,24)(H,26,27)/t8?,13-/m0/s1. The summed E-state index contributed by atoms with van der Waals surface area (Å²) in [6.07, 6.45) is 0. The number of β-lactam (4-membered cyclic amide) rings is 1. The number of aromatic nitrogens is 3. The topological polar surface area (TPSA) is 168 Å². The number of carbonyl (C=O) groups excluding carboxylic acids is 3. The largest absolute Gasteiger partial charge is 0.477 e. The SMILES string of the molecule is Cc1nsc(SCC2=C(C(=O)O)N3C(=O)C(NC(=O)C(=O)c4csc(N)n4)[C@@H]3SC2)n1. The maximum atomic E-state index is 12.7. The van der Waals surface area contributed by atoms with Crippen LogP contribution < -0.4 is 11.1 Å². The predicted octanol–water partition coefficient (Wildman–Crippen LogP) is 0.599. The van der Waals surface area contributed by atoms with Crippen LogP contribution in [0.4, 0.5) is 5.13 Å². The number of nitrogen functional groups attached to an aromatic ring is 1. The Labute approximate surface area is 191 Å². The molecule has 4 N–H and O–H groups in total. The first-order valence-corrected chi connectivity index (χ1v) is 12.3. The molecule has 2 aliphatic rings. The number of aliphatic carboxylic acids is 1. The van der Waals surface area contributed by atoms with E-state index < -0.39 is 35.0 Å². The van der Waals surface area contributed by atoms with Crippen molar-refractivity contribution in [2.75, 3.05) is 17.2 Å². The van der Waals surface area contributed by atoms with Crippen molar-refractivity contribution >= 4 is 75.1 Å². The Balaban J connectivity index is 1.46. The third-order valence-electron chi connectivity index (χ3n) is 4.38. The fourth-order valence-electron chi connectivity index (χ4n) is 2.99. The molecule has 162 valence electrons. The Bertz CT molecular complexity index is 1130. The van der Waals surface area contributed by atoms with Crippen molar-refractivity contribution in [3.05, 3.63) is 28.2 Å². The lowest BCUT2D eigenvalue weighted by molar-refractivity contribution is -0.150. The van der Waals surface area contributed by atoms with Crippen LogP contribution in [0.25, 0.3) is 0 Å². The molecule has 0 aliphatic carbocycles. The highest BCUT2D eigenvalue weighted by molar-refractivity contribution is 8.01. The number of carbonyl (C=O) groups is 4. The van der Waals surface area contributed by atoms with E-state index in [4.69, 9.17) is 5.73 Å². The van der Waals surface area contributed by atoms with Gasteiger partial charge >= 0.3 is 5.97 Å². The van der Waals surface area contributed by atoms with Crippen LogP contribution in [0.5, 0.6) is 0 Å². The van der Waals surface area contributed by atoms with Gasteiger partial charge in [-0.1, -0.05) is 11.8 Å². The van der Waals surface area contributed by atoms with E-state index in [1.807, 2.05) is 0 Å². The normalized spacial score (nSPS) is 20.3. The lowest BCUT2D eigenvalue weighted by atomic mass is 10.0. The molecule has 1 saturated heterocycles. The number of Topliss-reactive ketones (excluding diaryl/α,β-unsaturated/α-hetero) is 1. The first-order chi connectivity index (χ1) is 14.8. The third-order valence-corrected chi connectivity index (χ3v) is 8.40. The van der Waals surface area contributed by atoms with Gasteiger partial charge in [0.15, 0.2) is 9.47 Å². The van der Waals surface area contributed by atoms with Crippen LogP contribution in [-0.2, 0) is 14.4 Å². The van der Waals surface area contributed by atoms with Crippen molar-refractivity contribution in [2.45, 2.75) is 22.7 Å². The Morgan fingerprint density at radius 1 is 1.39 bits per heavy atom. The fraction of sp³-hybridized carbons (Fsp3) is 0.312. The first kappa shape index (κ1) is 21.7. The molecule has 2 aromatic heterocycles. The van der Waals surface area contributed by atoms with E-state index in [0.717, 1.165) is 16.2 Å². The van der Waals surface area contributed by atoms with Crippen LogP contribution in [0.15, 0.2) is 21.0 Å². The Morgan fingerprint density at radius 3 is 2.77 bits per heavy atom. The van der Waals surface area contributed by atoms with Gasteiger partial charge in [-0.25, -0.2) is 14.8 Å². The molecule has 1 unspecified atom stereocenters. The number of rotatable bonds is 7. The molecule has 15 heteroatoms. The van der Waals surface area contributed by atoms with Crippen LogP contribution >= 0.6 is 46.4 Å². The van der Waals surface area contributed by atoms with Crippen LogP contribution in [0.1, 0.15) is 16.3 Å². The van der Waals surface area contributed by atoms with Crippen LogP contribution in [0.3, 0.4) is 0 Å². The molecule has 2 aromatic rings. The van der Waals surface area contributed by atoms with Gasteiger partial charge in [-0.2, -0.15) is 4.37 Å².